The number of benzene rings is 1. The van der Waals surface area contributed by atoms with E-state index in [1.807, 2.05) is 41.0 Å². The molecule has 0 radical (unpaired) electrons. The van der Waals surface area contributed by atoms with Gasteiger partial charge >= 0.3 is 0 Å². The molecule has 2 aromatic heterocycles. The average molecular weight is 358 g/mol. The molecule has 4 nitrogen and oxygen atoms in total. The van der Waals surface area contributed by atoms with Crippen molar-refractivity contribution in [2.24, 2.45) is 0 Å². The lowest BCUT2D eigenvalue weighted by atomic mass is 9.99. The Hall–Kier alpha value is -3.14. The van der Waals surface area contributed by atoms with E-state index in [0.717, 1.165) is 52.6 Å². The van der Waals surface area contributed by atoms with Gasteiger partial charge in [-0.05, 0) is 48.4 Å². The molecule has 0 saturated heterocycles. The third-order valence-corrected chi connectivity index (χ3v) is 4.98. The van der Waals surface area contributed by atoms with Gasteiger partial charge < -0.3 is 4.74 Å². The number of allylic oxidation sites excluding steroid dienone is 4. The largest absolute Gasteiger partial charge is 0.481 e. The maximum Gasteiger partial charge on any atom is 0.263 e. The van der Waals surface area contributed by atoms with Crippen molar-refractivity contribution in [3.63, 3.8) is 0 Å². The van der Waals surface area contributed by atoms with Crippen LogP contribution in [0.15, 0.2) is 65.6 Å². The summed E-state index contributed by atoms with van der Waals surface area (Å²) in [5.41, 5.74) is 3.81. The van der Waals surface area contributed by atoms with Gasteiger partial charge in [-0.3, -0.25) is 9.36 Å². The molecule has 0 fully saturated rings. The fraction of sp³-hybridized carbons (Fsp3) is 0.217. The number of methoxy groups -OCH3 is 1. The van der Waals surface area contributed by atoms with Crippen LogP contribution in [0.25, 0.3) is 27.6 Å². The highest BCUT2D eigenvalue weighted by Crippen LogP contribution is 2.28. The minimum atomic E-state index is 0.0218. The summed E-state index contributed by atoms with van der Waals surface area (Å²) in [5.74, 6) is 0.558. The molecular weight excluding hydrogens is 336 g/mol. The highest BCUT2D eigenvalue weighted by molar-refractivity contribution is 5.96. The van der Waals surface area contributed by atoms with Crippen molar-refractivity contribution in [3.8, 4) is 17.0 Å². The lowest BCUT2D eigenvalue weighted by Crippen LogP contribution is -2.23. The summed E-state index contributed by atoms with van der Waals surface area (Å²) in [7, 11) is 1.59. The number of pyridine rings is 2. The maximum absolute atomic E-state index is 13.6. The Morgan fingerprint density at radius 3 is 2.74 bits per heavy atom. The van der Waals surface area contributed by atoms with E-state index in [1.165, 1.54) is 0 Å². The highest BCUT2D eigenvalue weighted by Gasteiger charge is 2.15. The molecule has 0 amide bonds. The van der Waals surface area contributed by atoms with Crippen molar-refractivity contribution in [3.05, 3.63) is 76.9 Å². The van der Waals surface area contributed by atoms with Crippen LogP contribution < -0.4 is 10.3 Å². The topological polar surface area (TPSA) is 44.1 Å². The van der Waals surface area contributed by atoms with Crippen LogP contribution in [0.1, 0.15) is 25.5 Å². The van der Waals surface area contributed by atoms with Crippen LogP contribution >= 0.6 is 0 Å². The first-order valence-corrected chi connectivity index (χ1v) is 9.28. The van der Waals surface area contributed by atoms with Gasteiger partial charge in [0.1, 0.15) is 0 Å². The number of ether oxygens (including phenoxy) is 1. The van der Waals surface area contributed by atoms with E-state index in [9.17, 15) is 4.79 Å². The molecule has 0 bridgehead atoms. The van der Waals surface area contributed by atoms with Crippen LogP contribution in [0.2, 0.25) is 0 Å². The lowest BCUT2D eigenvalue weighted by molar-refractivity contribution is 0.398. The zero-order valence-corrected chi connectivity index (χ0v) is 15.6. The number of rotatable bonds is 4. The second kappa shape index (κ2) is 7.23. The molecule has 136 valence electrons. The van der Waals surface area contributed by atoms with Crippen LogP contribution in [0.5, 0.6) is 5.88 Å². The zero-order valence-electron chi connectivity index (χ0n) is 15.6. The van der Waals surface area contributed by atoms with Crippen molar-refractivity contribution >= 4 is 16.5 Å². The molecule has 0 N–H and O–H groups in total. The maximum atomic E-state index is 13.6. The Kier molecular flexibility index (Phi) is 4.63. The predicted octanol–water partition coefficient (Wildman–Crippen LogP) is 4.83. The Bertz CT molecular complexity index is 1110. The second-order valence-electron chi connectivity index (χ2n) is 6.60. The number of hydrogen-bond acceptors (Lipinski definition) is 3. The molecular formula is C23H22N2O2. The molecule has 0 aliphatic heterocycles. The van der Waals surface area contributed by atoms with Crippen molar-refractivity contribution in [1.82, 2.24) is 9.55 Å². The van der Waals surface area contributed by atoms with Gasteiger partial charge in [0.2, 0.25) is 5.88 Å². The molecule has 4 rings (SSSR count). The van der Waals surface area contributed by atoms with Gasteiger partial charge in [-0.25, -0.2) is 4.98 Å². The van der Waals surface area contributed by atoms with E-state index in [0.29, 0.717) is 5.88 Å². The average Bonchev–Trinajstić information content (AvgIpc) is 2.73. The first-order chi connectivity index (χ1) is 13.2. The molecule has 0 atom stereocenters. The zero-order chi connectivity index (χ0) is 18.8. The first kappa shape index (κ1) is 17.3. The van der Waals surface area contributed by atoms with Crippen molar-refractivity contribution in [2.75, 3.05) is 7.11 Å². The quantitative estimate of drug-likeness (QED) is 0.671. The smallest absolute Gasteiger partial charge is 0.263 e. The monoisotopic (exact) mass is 358 g/mol. The molecule has 2 heterocycles. The van der Waals surface area contributed by atoms with E-state index in [1.54, 1.807) is 13.3 Å². The van der Waals surface area contributed by atoms with Gasteiger partial charge in [0.05, 0.1) is 12.5 Å². The number of nitrogens with zero attached hydrogens (tertiary/aromatic N) is 2. The van der Waals surface area contributed by atoms with E-state index in [4.69, 9.17) is 4.74 Å². The summed E-state index contributed by atoms with van der Waals surface area (Å²) in [6.45, 7) is 2.08. The fourth-order valence-electron chi connectivity index (χ4n) is 3.62. The summed E-state index contributed by atoms with van der Waals surface area (Å²) in [6, 6.07) is 11.9. The van der Waals surface area contributed by atoms with Crippen molar-refractivity contribution in [2.45, 2.75) is 26.2 Å². The Labute approximate surface area is 158 Å². The molecule has 1 aliphatic carbocycles. The molecule has 0 spiro atoms. The van der Waals surface area contributed by atoms with Gasteiger partial charge in [-0.1, -0.05) is 37.3 Å². The van der Waals surface area contributed by atoms with E-state index in [-0.39, 0.29) is 5.56 Å². The molecule has 0 unspecified atom stereocenters. The predicted molar refractivity (Wildman–Crippen MR) is 110 cm³/mol. The van der Waals surface area contributed by atoms with Crippen molar-refractivity contribution < 1.29 is 4.74 Å². The summed E-state index contributed by atoms with van der Waals surface area (Å²) in [6.07, 6.45) is 10.9. The number of aromatic nitrogens is 2. The molecule has 27 heavy (non-hydrogen) atoms. The van der Waals surface area contributed by atoms with Crippen molar-refractivity contribution in [1.29, 1.82) is 0 Å². The summed E-state index contributed by atoms with van der Waals surface area (Å²) >= 11 is 0. The van der Waals surface area contributed by atoms with Crippen LogP contribution in [-0.2, 0) is 6.42 Å². The summed E-state index contributed by atoms with van der Waals surface area (Å²) < 4.78 is 7.01. The minimum Gasteiger partial charge on any atom is -0.481 e. The Morgan fingerprint density at radius 2 is 2.07 bits per heavy atom. The van der Waals surface area contributed by atoms with Crippen LogP contribution in [0.3, 0.4) is 0 Å². The molecule has 4 heteroatoms. The van der Waals surface area contributed by atoms with Crippen LogP contribution in [0.4, 0.5) is 0 Å². The molecule has 1 aromatic carbocycles. The molecule has 3 aromatic rings. The number of hydrogen-bond donors (Lipinski definition) is 0. The Morgan fingerprint density at radius 1 is 1.19 bits per heavy atom. The number of fused-ring (bicyclic) bond motifs is 1. The summed E-state index contributed by atoms with van der Waals surface area (Å²) in [5, 5.41) is 1.68. The molecule has 1 aliphatic rings. The number of aryl methyl sites for hydroxylation is 1. The van der Waals surface area contributed by atoms with Gasteiger partial charge in [-0.15, -0.1) is 0 Å². The van der Waals surface area contributed by atoms with E-state index < -0.39 is 0 Å². The third kappa shape index (κ3) is 3.08. The standard InChI is InChI=1S/C23H22N2O2/c1-3-18-14-16-8-7-11-20(17-12-13-21(27-2)24-15-17)22(16)23(26)25(18)19-9-5-4-6-10-19/h5,7-15H,3-4,6H2,1-2H3. The second-order valence-corrected chi connectivity index (χ2v) is 6.60. The highest BCUT2D eigenvalue weighted by atomic mass is 16.5. The molecule has 0 saturated carbocycles. The fourth-order valence-corrected chi connectivity index (χ4v) is 3.62. The minimum absolute atomic E-state index is 0.0218. The lowest BCUT2D eigenvalue weighted by Gasteiger charge is -2.17. The normalized spacial score (nSPS) is 13.6. The Balaban J connectivity index is 2.00. The van der Waals surface area contributed by atoms with Gasteiger partial charge in [0.15, 0.2) is 0 Å². The first-order valence-electron chi connectivity index (χ1n) is 9.28. The van der Waals surface area contributed by atoms with Gasteiger partial charge in [0, 0.05) is 29.2 Å². The van der Waals surface area contributed by atoms with Gasteiger partial charge in [-0.2, -0.15) is 0 Å². The third-order valence-electron chi connectivity index (χ3n) is 4.98. The summed E-state index contributed by atoms with van der Waals surface area (Å²) in [4.78, 5) is 17.9. The van der Waals surface area contributed by atoms with Crippen LogP contribution in [0, 0.1) is 0 Å². The SMILES string of the molecule is CCc1cc2cccc(-c3ccc(OC)nc3)c2c(=O)n1C1=CCCC=C1. The van der Waals surface area contributed by atoms with E-state index >= 15 is 0 Å². The van der Waals surface area contributed by atoms with Crippen LogP contribution in [-0.4, -0.2) is 16.7 Å². The van der Waals surface area contributed by atoms with Gasteiger partial charge in [0.25, 0.3) is 5.56 Å². The van der Waals surface area contributed by atoms with E-state index in [2.05, 4.69) is 30.1 Å².